The third-order valence-electron chi connectivity index (χ3n) is 3.61. The van der Waals surface area contributed by atoms with Crippen molar-refractivity contribution in [3.63, 3.8) is 0 Å². The first-order valence-electron chi connectivity index (χ1n) is 7.17. The number of hydrogen-bond donors (Lipinski definition) is 1. The topological polar surface area (TPSA) is 87.0 Å². The van der Waals surface area contributed by atoms with E-state index in [9.17, 15) is 14.7 Å². The molecule has 0 bridgehead atoms. The molecule has 0 unspecified atom stereocenters. The Balaban J connectivity index is 2.17. The molecule has 0 aliphatic rings. The minimum atomic E-state index is -0.709. The van der Waals surface area contributed by atoms with E-state index >= 15 is 0 Å². The zero-order chi connectivity index (χ0) is 16.4. The van der Waals surface area contributed by atoms with E-state index in [1.807, 2.05) is 0 Å². The van der Waals surface area contributed by atoms with E-state index in [4.69, 9.17) is 0 Å². The molecule has 0 fully saturated rings. The van der Waals surface area contributed by atoms with Gasteiger partial charge in [-0.25, -0.2) is 0 Å². The van der Waals surface area contributed by atoms with Gasteiger partial charge in [0, 0.05) is 24.6 Å². The van der Waals surface area contributed by atoms with Crippen LogP contribution in [0.3, 0.4) is 0 Å². The Labute approximate surface area is 132 Å². The van der Waals surface area contributed by atoms with Gasteiger partial charge in [-0.15, -0.1) is 0 Å². The van der Waals surface area contributed by atoms with Crippen molar-refractivity contribution in [2.45, 2.75) is 13.5 Å². The largest absolute Gasteiger partial charge is 0.871 e. The Hall–Kier alpha value is -3.15. The van der Waals surface area contributed by atoms with Crippen LogP contribution in [0.4, 0.5) is 5.69 Å². The molecule has 0 aliphatic carbocycles. The predicted octanol–water partition coefficient (Wildman–Crippen LogP) is 1.74. The van der Waals surface area contributed by atoms with Crippen LogP contribution in [0.1, 0.15) is 17.3 Å². The Morgan fingerprint density at radius 1 is 1.22 bits per heavy atom. The maximum absolute atomic E-state index is 12.6. The molecule has 6 heteroatoms. The van der Waals surface area contributed by atoms with Crippen molar-refractivity contribution in [1.82, 2.24) is 9.55 Å². The van der Waals surface area contributed by atoms with Crippen molar-refractivity contribution in [2.24, 2.45) is 0 Å². The van der Waals surface area contributed by atoms with Gasteiger partial charge in [0.1, 0.15) is 0 Å². The van der Waals surface area contributed by atoms with Crippen LogP contribution in [0, 0.1) is 0 Å². The summed E-state index contributed by atoms with van der Waals surface area (Å²) in [5, 5.41) is 15.5. The molecule has 0 saturated heterocycles. The molecule has 1 aromatic carbocycles. The first kappa shape index (κ1) is 14.8. The molecule has 0 spiro atoms. The van der Waals surface area contributed by atoms with Gasteiger partial charge in [-0.2, -0.15) is 0 Å². The molecule has 2 aromatic heterocycles. The maximum Gasteiger partial charge on any atom is 0.263 e. The second-order valence-electron chi connectivity index (χ2n) is 4.96. The Morgan fingerprint density at radius 2 is 1.91 bits per heavy atom. The lowest BCUT2D eigenvalue weighted by molar-refractivity contribution is -0.266. The summed E-state index contributed by atoms with van der Waals surface area (Å²) < 4.78 is 1.43. The summed E-state index contributed by atoms with van der Waals surface area (Å²) in [7, 11) is 0. The number of rotatable bonds is 3. The molecule has 116 valence electrons. The van der Waals surface area contributed by atoms with Crippen molar-refractivity contribution in [3.8, 4) is 5.75 Å². The standard InChI is InChI=1S/C17H15N3O3/c1-2-20-13-6-4-3-5-12(13)15(21)14(17(20)23)16(22)19-11-7-9-18-10-8-11/h3-10,21H,2H2,1H3,(H,18,19,22)/p-1. The molecule has 0 saturated carbocycles. The van der Waals surface area contributed by atoms with Crippen LogP contribution in [-0.4, -0.2) is 15.5 Å². The van der Waals surface area contributed by atoms with Crippen molar-refractivity contribution in [1.29, 1.82) is 0 Å². The van der Waals surface area contributed by atoms with Crippen LogP contribution < -0.4 is 16.0 Å². The number of nitrogens with one attached hydrogen (secondary N) is 1. The average Bonchev–Trinajstić information content (AvgIpc) is 2.56. The lowest BCUT2D eigenvalue weighted by Gasteiger charge is -2.19. The fourth-order valence-corrected chi connectivity index (χ4v) is 2.52. The van der Waals surface area contributed by atoms with Gasteiger partial charge in [-0.1, -0.05) is 23.9 Å². The summed E-state index contributed by atoms with van der Waals surface area (Å²) in [6, 6.07) is 9.95. The number of hydrogen-bond acceptors (Lipinski definition) is 4. The van der Waals surface area contributed by atoms with Crippen LogP contribution in [0.5, 0.6) is 5.75 Å². The van der Waals surface area contributed by atoms with Gasteiger partial charge < -0.3 is 15.0 Å². The van der Waals surface area contributed by atoms with Gasteiger partial charge >= 0.3 is 0 Å². The maximum atomic E-state index is 12.6. The van der Waals surface area contributed by atoms with Gasteiger partial charge in [0.05, 0.1) is 11.1 Å². The molecule has 2 heterocycles. The fraction of sp³-hybridized carbons (Fsp3) is 0.118. The lowest BCUT2D eigenvalue weighted by atomic mass is 10.1. The molecule has 1 amide bonds. The number of para-hydroxylation sites is 1. The number of aryl methyl sites for hydroxylation is 1. The lowest BCUT2D eigenvalue weighted by Crippen LogP contribution is -2.31. The molecule has 0 aliphatic heterocycles. The highest BCUT2D eigenvalue weighted by molar-refractivity contribution is 6.08. The third kappa shape index (κ3) is 2.55. The fourth-order valence-electron chi connectivity index (χ4n) is 2.52. The smallest absolute Gasteiger partial charge is 0.263 e. The molecular weight excluding hydrogens is 294 g/mol. The van der Waals surface area contributed by atoms with Crippen LogP contribution in [0.15, 0.2) is 53.6 Å². The summed E-state index contributed by atoms with van der Waals surface area (Å²) >= 11 is 0. The number of pyridine rings is 2. The number of nitrogens with zero attached hydrogens (tertiary/aromatic N) is 2. The number of fused-ring (bicyclic) bond motifs is 1. The van der Waals surface area contributed by atoms with Crippen LogP contribution in [0.25, 0.3) is 10.9 Å². The minimum absolute atomic E-state index is 0.355. The normalized spacial score (nSPS) is 10.7. The summed E-state index contributed by atoms with van der Waals surface area (Å²) in [5.41, 5.74) is 0.0515. The second-order valence-corrected chi connectivity index (χ2v) is 4.96. The number of carbonyl (C=O) groups is 1. The number of benzene rings is 1. The minimum Gasteiger partial charge on any atom is -0.871 e. The Morgan fingerprint density at radius 3 is 2.61 bits per heavy atom. The highest BCUT2D eigenvalue weighted by Gasteiger charge is 2.17. The van der Waals surface area contributed by atoms with Gasteiger partial charge in [0.25, 0.3) is 11.5 Å². The van der Waals surface area contributed by atoms with Crippen molar-refractivity contribution < 1.29 is 9.90 Å². The van der Waals surface area contributed by atoms with Crippen molar-refractivity contribution in [3.05, 3.63) is 64.7 Å². The molecule has 6 nitrogen and oxygen atoms in total. The van der Waals surface area contributed by atoms with E-state index in [2.05, 4.69) is 10.3 Å². The highest BCUT2D eigenvalue weighted by Crippen LogP contribution is 2.24. The van der Waals surface area contributed by atoms with E-state index in [1.165, 1.54) is 17.0 Å². The summed E-state index contributed by atoms with van der Waals surface area (Å²) in [6.07, 6.45) is 3.02. The zero-order valence-corrected chi connectivity index (χ0v) is 12.4. The number of carbonyl (C=O) groups excluding carboxylic acids is 1. The van der Waals surface area contributed by atoms with Crippen LogP contribution in [-0.2, 0) is 6.54 Å². The number of anilines is 1. The number of amides is 1. The van der Waals surface area contributed by atoms with Crippen molar-refractivity contribution >= 4 is 22.5 Å². The summed E-state index contributed by atoms with van der Waals surface area (Å²) in [5.74, 6) is -1.26. The van der Waals surface area contributed by atoms with Gasteiger partial charge in [0.15, 0.2) is 0 Å². The van der Waals surface area contributed by atoms with E-state index in [-0.39, 0.29) is 5.56 Å². The Bertz CT molecular complexity index is 933. The zero-order valence-electron chi connectivity index (χ0n) is 12.4. The molecule has 1 N–H and O–H groups in total. The third-order valence-corrected chi connectivity index (χ3v) is 3.61. The second kappa shape index (κ2) is 5.92. The first-order chi connectivity index (χ1) is 11.1. The summed E-state index contributed by atoms with van der Waals surface area (Å²) in [4.78, 5) is 28.8. The number of aromatic nitrogens is 2. The van der Waals surface area contributed by atoms with Gasteiger partial charge in [-0.05, 0) is 30.5 Å². The molecular formula is C17H14N3O3-. The SMILES string of the molecule is CCn1c(=O)c(C(=O)Nc2ccncc2)c([O-])c2ccccc21. The van der Waals surface area contributed by atoms with Crippen LogP contribution in [0.2, 0.25) is 0 Å². The van der Waals surface area contributed by atoms with E-state index in [0.717, 1.165) is 0 Å². The van der Waals surface area contributed by atoms with Gasteiger partial charge in [0.2, 0.25) is 0 Å². The Kier molecular flexibility index (Phi) is 3.80. The predicted molar refractivity (Wildman–Crippen MR) is 85.5 cm³/mol. The van der Waals surface area contributed by atoms with E-state index < -0.39 is 17.2 Å². The van der Waals surface area contributed by atoms with Crippen molar-refractivity contribution in [2.75, 3.05) is 5.32 Å². The van der Waals surface area contributed by atoms with E-state index in [1.54, 1.807) is 43.3 Å². The molecule has 23 heavy (non-hydrogen) atoms. The molecule has 3 aromatic rings. The molecule has 3 rings (SSSR count). The van der Waals surface area contributed by atoms with E-state index in [0.29, 0.717) is 23.1 Å². The summed E-state index contributed by atoms with van der Waals surface area (Å²) in [6.45, 7) is 2.16. The van der Waals surface area contributed by atoms with Gasteiger partial charge in [-0.3, -0.25) is 14.6 Å². The monoisotopic (exact) mass is 308 g/mol. The molecule has 0 radical (unpaired) electrons. The highest BCUT2D eigenvalue weighted by atomic mass is 16.3. The average molecular weight is 308 g/mol. The van der Waals surface area contributed by atoms with Crippen LogP contribution >= 0.6 is 0 Å². The quantitative estimate of drug-likeness (QED) is 0.798. The first-order valence-corrected chi connectivity index (χ1v) is 7.17. The molecule has 0 atom stereocenters.